The maximum atomic E-state index is 12.3. The van der Waals surface area contributed by atoms with Gasteiger partial charge in [0.25, 0.3) is 0 Å². The van der Waals surface area contributed by atoms with Gasteiger partial charge in [-0.1, -0.05) is 12.1 Å². The zero-order valence-corrected chi connectivity index (χ0v) is 14.5. The van der Waals surface area contributed by atoms with Gasteiger partial charge in [0.2, 0.25) is 0 Å². The molecule has 1 aliphatic heterocycles. The summed E-state index contributed by atoms with van der Waals surface area (Å²) in [5, 5.41) is 0. The molecule has 0 bridgehead atoms. The maximum Gasteiger partial charge on any atom is 0.573 e. The monoisotopic (exact) mass is 416 g/mol. The van der Waals surface area contributed by atoms with Gasteiger partial charge >= 0.3 is 12.3 Å². The number of fused-ring (bicyclic) bond motifs is 1. The molecule has 4 nitrogen and oxygen atoms in total. The van der Waals surface area contributed by atoms with Crippen LogP contribution < -0.4 is 9.47 Å². The van der Waals surface area contributed by atoms with Gasteiger partial charge in [0.15, 0.2) is 0 Å². The molecule has 132 valence electrons. The number of rotatable bonds is 3. The molecule has 1 heterocycles. The van der Waals surface area contributed by atoms with Gasteiger partial charge in [-0.25, -0.2) is 4.79 Å². The van der Waals surface area contributed by atoms with Gasteiger partial charge in [-0.2, -0.15) is 0 Å². The van der Waals surface area contributed by atoms with Gasteiger partial charge in [-0.05, 0) is 39.7 Å². The third-order valence-corrected chi connectivity index (χ3v) is 4.34. The highest BCUT2D eigenvalue weighted by atomic mass is 79.9. The molecule has 8 heteroatoms. The third-order valence-electron chi connectivity index (χ3n) is 3.72. The summed E-state index contributed by atoms with van der Waals surface area (Å²) in [7, 11) is 1.30. The van der Waals surface area contributed by atoms with E-state index in [-0.39, 0.29) is 5.75 Å². The van der Waals surface area contributed by atoms with Crippen molar-refractivity contribution in [1.82, 2.24) is 0 Å². The van der Waals surface area contributed by atoms with Crippen molar-refractivity contribution in [2.75, 3.05) is 13.7 Å². The molecule has 0 fully saturated rings. The topological polar surface area (TPSA) is 44.8 Å². The first-order chi connectivity index (χ1) is 11.8. The number of halogens is 4. The number of carbonyl (C=O) groups is 1. The van der Waals surface area contributed by atoms with E-state index in [9.17, 15) is 18.0 Å². The Morgan fingerprint density at radius 1 is 1.24 bits per heavy atom. The van der Waals surface area contributed by atoms with Crippen LogP contribution in [-0.4, -0.2) is 26.0 Å². The second-order valence-corrected chi connectivity index (χ2v) is 6.11. The highest BCUT2D eigenvalue weighted by molar-refractivity contribution is 9.10. The van der Waals surface area contributed by atoms with E-state index in [1.54, 1.807) is 6.07 Å². The number of methoxy groups -OCH3 is 1. The standard InChI is InChI=1S/C17H12BrF3O4/c1-23-16(22)14-11-6-7-24-15(11)12(8-13(14)18)9-2-4-10(5-3-9)25-17(19,20)21/h2-5,8H,6-7H2,1H3. The highest BCUT2D eigenvalue weighted by Gasteiger charge is 2.31. The highest BCUT2D eigenvalue weighted by Crippen LogP contribution is 2.43. The number of carbonyl (C=O) groups excluding carboxylic acids is 1. The summed E-state index contributed by atoms with van der Waals surface area (Å²) in [5.41, 5.74) is 2.43. The largest absolute Gasteiger partial charge is 0.573 e. The minimum Gasteiger partial charge on any atom is -0.492 e. The van der Waals surface area contributed by atoms with E-state index in [0.29, 0.717) is 45.5 Å². The molecule has 3 rings (SSSR count). The fraction of sp³-hybridized carbons (Fsp3) is 0.235. The maximum absolute atomic E-state index is 12.3. The lowest BCUT2D eigenvalue weighted by atomic mass is 9.97. The second kappa shape index (κ2) is 6.59. The molecule has 0 amide bonds. The van der Waals surface area contributed by atoms with Crippen molar-refractivity contribution in [2.45, 2.75) is 12.8 Å². The Balaban J connectivity index is 2.03. The SMILES string of the molecule is COC(=O)c1c(Br)cc(-c2ccc(OC(F)(F)F)cc2)c2c1CCO2. The molecule has 0 spiro atoms. The quantitative estimate of drug-likeness (QED) is 0.678. The Morgan fingerprint density at radius 3 is 2.52 bits per heavy atom. The van der Waals surface area contributed by atoms with Crippen LogP contribution in [0.25, 0.3) is 11.1 Å². The van der Waals surface area contributed by atoms with Gasteiger partial charge in [-0.15, -0.1) is 13.2 Å². The summed E-state index contributed by atoms with van der Waals surface area (Å²) < 4.78 is 51.6. The average Bonchev–Trinajstić information content (AvgIpc) is 3.02. The van der Waals surface area contributed by atoms with Crippen molar-refractivity contribution in [2.24, 2.45) is 0 Å². The molecule has 0 radical (unpaired) electrons. The Bertz CT molecular complexity index is 816. The van der Waals surface area contributed by atoms with Crippen molar-refractivity contribution in [3.63, 3.8) is 0 Å². The van der Waals surface area contributed by atoms with Gasteiger partial charge < -0.3 is 14.2 Å². The zero-order chi connectivity index (χ0) is 18.2. The Hall–Kier alpha value is -2.22. The van der Waals surface area contributed by atoms with Crippen molar-refractivity contribution in [3.8, 4) is 22.6 Å². The predicted molar refractivity (Wildman–Crippen MR) is 86.8 cm³/mol. The number of esters is 1. The van der Waals surface area contributed by atoms with Crippen LogP contribution in [0.2, 0.25) is 0 Å². The minimum absolute atomic E-state index is 0.306. The second-order valence-electron chi connectivity index (χ2n) is 5.25. The first-order valence-electron chi connectivity index (χ1n) is 7.23. The van der Waals surface area contributed by atoms with Crippen molar-refractivity contribution in [3.05, 3.63) is 45.9 Å². The molecule has 0 aliphatic carbocycles. The van der Waals surface area contributed by atoms with Crippen LogP contribution in [0, 0.1) is 0 Å². The normalized spacial score (nSPS) is 13.2. The third kappa shape index (κ3) is 3.58. The summed E-state index contributed by atoms with van der Waals surface area (Å²) in [6.45, 7) is 0.415. The van der Waals surface area contributed by atoms with E-state index in [1.165, 1.54) is 31.4 Å². The molecular weight excluding hydrogens is 405 g/mol. The molecule has 0 saturated heterocycles. The molecule has 0 saturated carbocycles. The van der Waals surface area contributed by atoms with Crippen LogP contribution in [0.4, 0.5) is 13.2 Å². The Labute approximate surface area is 149 Å². The Morgan fingerprint density at radius 2 is 1.92 bits per heavy atom. The lowest BCUT2D eigenvalue weighted by Gasteiger charge is -2.14. The zero-order valence-electron chi connectivity index (χ0n) is 12.9. The molecule has 2 aromatic carbocycles. The van der Waals surface area contributed by atoms with Gasteiger partial charge in [0.05, 0.1) is 19.3 Å². The number of ether oxygens (including phenoxy) is 3. The molecule has 2 aromatic rings. The molecule has 0 N–H and O–H groups in total. The van der Waals surface area contributed by atoms with E-state index < -0.39 is 12.3 Å². The fourth-order valence-electron chi connectivity index (χ4n) is 2.72. The Kier molecular flexibility index (Phi) is 4.64. The minimum atomic E-state index is -4.74. The van der Waals surface area contributed by atoms with E-state index in [1.807, 2.05) is 0 Å². The molecule has 0 aromatic heterocycles. The van der Waals surface area contributed by atoms with Crippen LogP contribution >= 0.6 is 15.9 Å². The molecule has 0 unspecified atom stereocenters. The molecule has 0 atom stereocenters. The smallest absolute Gasteiger partial charge is 0.492 e. The van der Waals surface area contributed by atoms with E-state index in [4.69, 9.17) is 9.47 Å². The summed E-state index contributed by atoms with van der Waals surface area (Å²) in [5.74, 6) is -0.249. The lowest BCUT2D eigenvalue weighted by Crippen LogP contribution is -2.16. The van der Waals surface area contributed by atoms with E-state index in [2.05, 4.69) is 20.7 Å². The van der Waals surface area contributed by atoms with Crippen molar-refractivity contribution < 1.29 is 32.2 Å². The van der Waals surface area contributed by atoms with Crippen LogP contribution in [-0.2, 0) is 11.2 Å². The van der Waals surface area contributed by atoms with E-state index in [0.717, 1.165) is 0 Å². The number of alkyl halides is 3. The van der Waals surface area contributed by atoms with Gasteiger partial charge in [-0.3, -0.25) is 0 Å². The van der Waals surface area contributed by atoms with Crippen molar-refractivity contribution >= 4 is 21.9 Å². The average molecular weight is 417 g/mol. The van der Waals surface area contributed by atoms with Crippen LogP contribution in [0.15, 0.2) is 34.8 Å². The lowest BCUT2D eigenvalue weighted by molar-refractivity contribution is -0.274. The summed E-state index contributed by atoms with van der Waals surface area (Å²) in [6, 6.07) is 7.15. The van der Waals surface area contributed by atoms with Crippen LogP contribution in [0.5, 0.6) is 11.5 Å². The van der Waals surface area contributed by atoms with E-state index >= 15 is 0 Å². The first kappa shape index (κ1) is 17.6. The van der Waals surface area contributed by atoms with Gasteiger partial charge in [0.1, 0.15) is 11.5 Å². The number of hydrogen-bond acceptors (Lipinski definition) is 4. The van der Waals surface area contributed by atoms with Crippen molar-refractivity contribution in [1.29, 1.82) is 0 Å². The first-order valence-corrected chi connectivity index (χ1v) is 8.02. The predicted octanol–water partition coefficient (Wildman–Crippen LogP) is 4.74. The number of hydrogen-bond donors (Lipinski definition) is 0. The summed E-state index contributed by atoms with van der Waals surface area (Å²) in [6.07, 6.45) is -4.20. The molecule has 1 aliphatic rings. The van der Waals surface area contributed by atoms with Crippen LogP contribution in [0.3, 0.4) is 0 Å². The number of benzene rings is 2. The fourth-order valence-corrected chi connectivity index (χ4v) is 3.35. The summed E-state index contributed by atoms with van der Waals surface area (Å²) >= 11 is 3.36. The molecule has 25 heavy (non-hydrogen) atoms. The van der Waals surface area contributed by atoms with Gasteiger partial charge in [0, 0.05) is 22.0 Å². The summed E-state index contributed by atoms with van der Waals surface area (Å²) in [4.78, 5) is 12.0. The van der Waals surface area contributed by atoms with Crippen LogP contribution in [0.1, 0.15) is 15.9 Å². The molecular formula is C17H12BrF3O4.